The van der Waals surface area contributed by atoms with Gasteiger partial charge in [0, 0.05) is 11.9 Å². The molecule has 4 heteroatoms. The molecule has 2 aliphatic rings. The highest BCUT2D eigenvalue weighted by atomic mass is 79.9. The lowest BCUT2D eigenvalue weighted by molar-refractivity contribution is -0.140. The molecule has 1 saturated heterocycles. The van der Waals surface area contributed by atoms with Crippen LogP contribution in [0.3, 0.4) is 0 Å². The number of aryl methyl sites for hydroxylation is 1. The number of hydrogen-bond acceptors (Lipinski definition) is 2. The number of carbonyl (C=O) groups excluding carboxylic acids is 1. The molecule has 0 saturated carbocycles. The van der Waals surface area contributed by atoms with E-state index in [-0.39, 0.29) is 17.9 Å². The van der Waals surface area contributed by atoms with E-state index in [1.165, 1.54) is 11.1 Å². The van der Waals surface area contributed by atoms with Crippen LogP contribution in [0.2, 0.25) is 0 Å². The molecule has 1 aromatic carbocycles. The van der Waals surface area contributed by atoms with Crippen molar-refractivity contribution in [2.75, 3.05) is 25.1 Å². The van der Waals surface area contributed by atoms with Gasteiger partial charge in [0.2, 0.25) is 5.91 Å². The Kier molecular flexibility index (Phi) is 4.41. The van der Waals surface area contributed by atoms with Gasteiger partial charge in [-0.1, -0.05) is 40.2 Å². The third-order valence-electron chi connectivity index (χ3n) is 4.36. The van der Waals surface area contributed by atoms with Crippen molar-refractivity contribution in [1.82, 2.24) is 4.90 Å². The van der Waals surface area contributed by atoms with E-state index in [1.54, 1.807) is 0 Å². The fraction of sp³-hybridized carbons (Fsp3) is 0.562. The number of amides is 1. The smallest absolute Gasteiger partial charge is 0.230 e. The van der Waals surface area contributed by atoms with Gasteiger partial charge < -0.3 is 9.64 Å². The van der Waals surface area contributed by atoms with Gasteiger partial charge in [0.05, 0.1) is 25.2 Å². The van der Waals surface area contributed by atoms with Gasteiger partial charge in [0.15, 0.2) is 0 Å². The molecular weight excluding hydrogens is 318 g/mol. The first-order valence-corrected chi connectivity index (χ1v) is 8.45. The summed E-state index contributed by atoms with van der Waals surface area (Å²) < 4.78 is 5.49. The largest absolute Gasteiger partial charge is 0.377 e. The molecule has 1 aliphatic carbocycles. The van der Waals surface area contributed by atoms with Crippen molar-refractivity contribution in [2.24, 2.45) is 0 Å². The van der Waals surface area contributed by atoms with Crippen molar-refractivity contribution < 1.29 is 9.53 Å². The van der Waals surface area contributed by atoms with E-state index in [0.717, 1.165) is 24.6 Å². The van der Waals surface area contributed by atoms with E-state index in [0.29, 0.717) is 19.8 Å². The highest BCUT2D eigenvalue weighted by Gasteiger charge is 2.34. The third kappa shape index (κ3) is 2.63. The molecule has 2 atom stereocenters. The van der Waals surface area contributed by atoms with Crippen molar-refractivity contribution in [3.8, 4) is 0 Å². The van der Waals surface area contributed by atoms with Crippen molar-refractivity contribution in [1.29, 1.82) is 0 Å². The summed E-state index contributed by atoms with van der Waals surface area (Å²) in [5.74, 6) is 0.324. The minimum atomic E-state index is 0.0413. The number of fused-ring (bicyclic) bond motifs is 1. The van der Waals surface area contributed by atoms with Gasteiger partial charge in [-0.2, -0.15) is 0 Å². The number of carbonyl (C=O) groups is 1. The van der Waals surface area contributed by atoms with Crippen LogP contribution >= 0.6 is 15.9 Å². The lowest BCUT2D eigenvalue weighted by Gasteiger charge is -2.38. The van der Waals surface area contributed by atoms with Crippen molar-refractivity contribution in [3.05, 3.63) is 35.4 Å². The van der Waals surface area contributed by atoms with Crippen LogP contribution in [0.15, 0.2) is 24.3 Å². The zero-order valence-electron chi connectivity index (χ0n) is 11.6. The molecule has 0 N–H and O–H groups in total. The van der Waals surface area contributed by atoms with Crippen LogP contribution in [0.25, 0.3) is 0 Å². The standard InChI is InChI=1S/C16H20BrNO2/c17-10-13-11-20-9-8-18(13)16(19)15-7-3-5-12-4-1-2-6-14(12)15/h1-2,4,6,13,15H,3,5,7-11H2. The molecule has 108 valence electrons. The van der Waals surface area contributed by atoms with E-state index < -0.39 is 0 Å². The Morgan fingerprint density at radius 2 is 2.25 bits per heavy atom. The number of rotatable bonds is 2. The molecule has 3 rings (SSSR count). The molecule has 0 aromatic heterocycles. The summed E-state index contributed by atoms with van der Waals surface area (Å²) in [6.07, 6.45) is 3.18. The molecule has 1 heterocycles. The average Bonchev–Trinajstić information content (AvgIpc) is 2.53. The summed E-state index contributed by atoms with van der Waals surface area (Å²) in [5.41, 5.74) is 2.59. The summed E-state index contributed by atoms with van der Waals surface area (Å²) in [6.45, 7) is 2.02. The summed E-state index contributed by atoms with van der Waals surface area (Å²) in [5, 5.41) is 0.785. The van der Waals surface area contributed by atoms with Gasteiger partial charge in [-0.25, -0.2) is 0 Å². The number of alkyl halides is 1. The Bertz CT molecular complexity index is 491. The maximum Gasteiger partial charge on any atom is 0.230 e. The molecule has 2 unspecified atom stereocenters. The maximum atomic E-state index is 12.9. The van der Waals surface area contributed by atoms with Crippen LogP contribution in [0.4, 0.5) is 0 Å². The first kappa shape index (κ1) is 14.1. The van der Waals surface area contributed by atoms with E-state index >= 15 is 0 Å². The van der Waals surface area contributed by atoms with E-state index in [1.807, 2.05) is 11.0 Å². The summed E-state index contributed by atoms with van der Waals surface area (Å²) in [6, 6.07) is 8.58. The number of morpholine rings is 1. The van der Waals surface area contributed by atoms with Crippen molar-refractivity contribution >= 4 is 21.8 Å². The zero-order chi connectivity index (χ0) is 13.9. The van der Waals surface area contributed by atoms with Crippen molar-refractivity contribution in [2.45, 2.75) is 31.2 Å². The second-order valence-electron chi connectivity index (χ2n) is 5.56. The van der Waals surface area contributed by atoms with Crippen LogP contribution in [0, 0.1) is 0 Å². The number of hydrogen-bond donors (Lipinski definition) is 0. The second kappa shape index (κ2) is 6.27. The number of nitrogens with zero attached hydrogens (tertiary/aromatic N) is 1. The summed E-state index contributed by atoms with van der Waals surface area (Å²) in [4.78, 5) is 15.0. The summed E-state index contributed by atoms with van der Waals surface area (Å²) in [7, 11) is 0. The normalized spacial score (nSPS) is 26.1. The predicted molar refractivity (Wildman–Crippen MR) is 82.2 cm³/mol. The van der Waals surface area contributed by atoms with Gasteiger partial charge in [-0.15, -0.1) is 0 Å². The molecular formula is C16H20BrNO2. The minimum Gasteiger partial charge on any atom is -0.377 e. The summed E-state index contributed by atoms with van der Waals surface area (Å²) >= 11 is 3.50. The SMILES string of the molecule is O=C(C1CCCc2ccccc21)N1CCOCC1CBr. The Balaban J connectivity index is 1.84. The second-order valence-corrected chi connectivity index (χ2v) is 6.21. The predicted octanol–water partition coefficient (Wildman–Crippen LogP) is 2.73. The topological polar surface area (TPSA) is 29.5 Å². The monoisotopic (exact) mass is 337 g/mol. The quantitative estimate of drug-likeness (QED) is 0.776. The Hall–Kier alpha value is -0.870. The van der Waals surface area contributed by atoms with Crippen molar-refractivity contribution in [3.63, 3.8) is 0 Å². The number of halogens is 1. The fourth-order valence-electron chi connectivity index (χ4n) is 3.28. The van der Waals surface area contributed by atoms with Gasteiger partial charge >= 0.3 is 0 Å². The van der Waals surface area contributed by atoms with Crippen LogP contribution in [0.5, 0.6) is 0 Å². The molecule has 0 spiro atoms. The van der Waals surface area contributed by atoms with Crippen LogP contribution in [0.1, 0.15) is 29.9 Å². The highest BCUT2D eigenvalue weighted by molar-refractivity contribution is 9.09. The third-order valence-corrected chi connectivity index (χ3v) is 5.10. The van der Waals surface area contributed by atoms with Crippen LogP contribution in [-0.2, 0) is 16.0 Å². The minimum absolute atomic E-state index is 0.0413. The first-order valence-electron chi connectivity index (χ1n) is 7.33. The average molecular weight is 338 g/mol. The van der Waals surface area contributed by atoms with Crippen LogP contribution < -0.4 is 0 Å². The van der Waals surface area contributed by atoms with Gasteiger partial charge in [0.1, 0.15) is 0 Å². The number of ether oxygens (including phenoxy) is 1. The van der Waals surface area contributed by atoms with Gasteiger partial charge in [-0.3, -0.25) is 4.79 Å². The van der Waals surface area contributed by atoms with E-state index in [9.17, 15) is 4.79 Å². The van der Waals surface area contributed by atoms with Crippen LogP contribution in [-0.4, -0.2) is 41.9 Å². The molecule has 1 aliphatic heterocycles. The highest BCUT2D eigenvalue weighted by Crippen LogP contribution is 2.33. The maximum absolute atomic E-state index is 12.9. The molecule has 1 fully saturated rings. The molecule has 1 amide bonds. The molecule has 0 radical (unpaired) electrons. The molecule has 20 heavy (non-hydrogen) atoms. The Labute approximate surface area is 128 Å². The number of benzene rings is 1. The molecule has 1 aromatic rings. The Morgan fingerprint density at radius 3 is 3.10 bits per heavy atom. The first-order chi connectivity index (χ1) is 9.81. The Morgan fingerprint density at radius 1 is 1.40 bits per heavy atom. The molecule has 3 nitrogen and oxygen atoms in total. The lowest BCUT2D eigenvalue weighted by Crippen LogP contribution is -2.51. The molecule has 0 bridgehead atoms. The van der Waals surface area contributed by atoms with E-state index in [4.69, 9.17) is 4.74 Å². The van der Waals surface area contributed by atoms with E-state index in [2.05, 4.69) is 34.1 Å². The van der Waals surface area contributed by atoms with Gasteiger partial charge in [-0.05, 0) is 30.4 Å². The zero-order valence-corrected chi connectivity index (χ0v) is 13.1. The van der Waals surface area contributed by atoms with Gasteiger partial charge in [0.25, 0.3) is 0 Å². The lowest BCUT2D eigenvalue weighted by atomic mass is 9.82. The fourth-order valence-corrected chi connectivity index (χ4v) is 3.82.